The van der Waals surface area contributed by atoms with Gasteiger partial charge in [0.2, 0.25) is 6.04 Å². The molecule has 20 heavy (non-hydrogen) atoms. The predicted octanol–water partition coefficient (Wildman–Crippen LogP) is 3.78. The van der Waals surface area contributed by atoms with E-state index in [4.69, 9.17) is 0 Å². The van der Waals surface area contributed by atoms with E-state index in [0.717, 1.165) is 24.6 Å². The van der Waals surface area contributed by atoms with E-state index >= 15 is 0 Å². The minimum absolute atomic E-state index is 0.0790. The van der Waals surface area contributed by atoms with Crippen molar-refractivity contribution in [2.45, 2.75) is 57.1 Å². The number of hydrogen-bond donors (Lipinski definition) is 1. The van der Waals surface area contributed by atoms with Crippen molar-refractivity contribution in [3.63, 3.8) is 0 Å². The predicted molar refractivity (Wildman–Crippen MR) is 56.9 cm³/mol. The molecule has 118 valence electrons. The number of carbonyl (C=O) groups is 1. The van der Waals surface area contributed by atoms with Gasteiger partial charge in [-0.05, 0) is 25.2 Å². The molecule has 1 aliphatic carbocycles. The van der Waals surface area contributed by atoms with Crippen molar-refractivity contribution in [2.75, 3.05) is 0 Å². The van der Waals surface area contributed by atoms with Gasteiger partial charge in [-0.3, -0.25) is 0 Å². The number of hydrogen-bond acceptors (Lipinski definition) is 2. The zero-order chi connectivity index (χ0) is 15.6. The van der Waals surface area contributed by atoms with Crippen LogP contribution in [0.4, 0.5) is 31.1 Å². The number of halogens is 6. The van der Waals surface area contributed by atoms with E-state index in [0.29, 0.717) is 6.42 Å². The Balaban J connectivity index is 2.63. The van der Waals surface area contributed by atoms with E-state index in [1.54, 1.807) is 6.92 Å². The minimum atomic E-state index is -5.62. The molecule has 0 heterocycles. The SMILES string of the molecule is C[C@H]1CCCC[C@H]1OC(=O)NC(C(F)(F)F)C(F)(F)F. The summed E-state index contributed by atoms with van der Waals surface area (Å²) in [5.74, 6) is -0.0790. The molecule has 1 N–H and O–H groups in total. The second-order valence-corrected chi connectivity index (χ2v) is 4.87. The molecule has 3 nitrogen and oxygen atoms in total. The highest BCUT2D eigenvalue weighted by Gasteiger charge is 2.58. The van der Waals surface area contributed by atoms with E-state index in [1.165, 1.54) is 0 Å². The minimum Gasteiger partial charge on any atom is -0.446 e. The Bertz CT molecular complexity index is 327. The van der Waals surface area contributed by atoms with Crippen LogP contribution < -0.4 is 5.32 Å². The monoisotopic (exact) mass is 307 g/mol. The summed E-state index contributed by atoms with van der Waals surface area (Å²) in [6, 6.07) is -3.92. The maximum Gasteiger partial charge on any atom is 0.417 e. The third kappa shape index (κ3) is 4.75. The largest absolute Gasteiger partial charge is 0.446 e. The number of rotatable bonds is 2. The molecule has 0 spiro atoms. The van der Waals surface area contributed by atoms with E-state index in [9.17, 15) is 31.1 Å². The molecule has 9 heteroatoms. The highest BCUT2D eigenvalue weighted by Crippen LogP contribution is 2.33. The molecule has 0 aliphatic heterocycles. The van der Waals surface area contributed by atoms with Gasteiger partial charge in [0.05, 0.1) is 0 Å². The second-order valence-electron chi connectivity index (χ2n) is 4.87. The maximum absolute atomic E-state index is 12.2. The van der Waals surface area contributed by atoms with Crippen LogP contribution in [0.15, 0.2) is 0 Å². The zero-order valence-corrected chi connectivity index (χ0v) is 10.6. The number of alkyl halides is 6. The number of ether oxygens (including phenoxy) is 1. The lowest BCUT2D eigenvalue weighted by atomic mass is 9.88. The Labute approximate surface area is 111 Å². The summed E-state index contributed by atoms with van der Waals surface area (Å²) in [6.45, 7) is 1.74. The zero-order valence-electron chi connectivity index (χ0n) is 10.6. The average Bonchev–Trinajstić information content (AvgIpc) is 2.26. The van der Waals surface area contributed by atoms with Crippen LogP contribution in [0, 0.1) is 5.92 Å². The Hall–Kier alpha value is -1.15. The Morgan fingerprint density at radius 3 is 2.05 bits per heavy atom. The molecule has 0 aromatic heterocycles. The van der Waals surface area contributed by atoms with E-state index in [2.05, 4.69) is 4.74 Å². The molecule has 0 radical (unpaired) electrons. The van der Waals surface area contributed by atoms with Gasteiger partial charge < -0.3 is 10.1 Å². The van der Waals surface area contributed by atoms with Gasteiger partial charge in [-0.1, -0.05) is 13.3 Å². The third-order valence-electron chi connectivity index (χ3n) is 3.21. The summed E-state index contributed by atoms with van der Waals surface area (Å²) in [4.78, 5) is 11.2. The van der Waals surface area contributed by atoms with Gasteiger partial charge in [-0.2, -0.15) is 26.3 Å². The summed E-state index contributed by atoms with van der Waals surface area (Å²) >= 11 is 0. The van der Waals surface area contributed by atoms with Gasteiger partial charge in [0, 0.05) is 0 Å². The summed E-state index contributed by atoms with van der Waals surface area (Å²) in [5.41, 5.74) is 0. The Morgan fingerprint density at radius 2 is 1.60 bits per heavy atom. The van der Waals surface area contributed by atoms with E-state index in [1.807, 2.05) is 0 Å². The normalized spacial score (nSPS) is 24.6. The standard InChI is InChI=1S/C11H15F6NO2/c1-6-4-2-3-5-7(6)20-9(19)18-8(10(12,13)14)11(15,16)17/h6-8H,2-5H2,1H3,(H,18,19)/t6-,7+/m0/s1. The Kier molecular flexibility index (Phi) is 5.15. The van der Waals surface area contributed by atoms with Crippen molar-refractivity contribution >= 4 is 6.09 Å². The van der Waals surface area contributed by atoms with E-state index < -0.39 is 30.6 Å². The summed E-state index contributed by atoms with van der Waals surface area (Å²) in [7, 11) is 0. The van der Waals surface area contributed by atoms with Crippen molar-refractivity contribution in [1.29, 1.82) is 0 Å². The van der Waals surface area contributed by atoms with Crippen LogP contribution in [0.25, 0.3) is 0 Å². The smallest absolute Gasteiger partial charge is 0.417 e. The van der Waals surface area contributed by atoms with Gasteiger partial charge in [0.25, 0.3) is 0 Å². The third-order valence-corrected chi connectivity index (χ3v) is 3.21. The van der Waals surface area contributed by atoms with Gasteiger partial charge in [0.1, 0.15) is 6.10 Å². The van der Waals surface area contributed by atoms with Crippen LogP contribution >= 0.6 is 0 Å². The molecular formula is C11H15F6NO2. The lowest BCUT2D eigenvalue weighted by Gasteiger charge is -2.30. The van der Waals surface area contributed by atoms with Crippen LogP contribution in [0.1, 0.15) is 32.6 Å². The fraction of sp³-hybridized carbons (Fsp3) is 0.909. The lowest BCUT2D eigenvalue weighted by Crippen LogP contribution is -2.55. The van der Waals surface area contributed by atoms with Crippen LogP contribution in [0.2, 0.25) is 0 Å². The molecule has 1 saturated carbocycles. The molecule has 0 saturated heterocycles. The number of alkyl carbamates (subject to hydrolysis) is 1. The molecule has 1 rings (SSSR count). The Morgan fingerprint density at radius 1 is 1.10 bits per heavy atom. The second kappa shape index (κ2) is 6.09. The highest BCUT2D eigenvalue weighted by molar-refractivity contribution is 5.68. The van der Waals surface area contributed by atoms with Crippen molar-refractivity contribution in [3.8, 4) is 0 Å². The van der Waals surface area contributed by atoms with Crippen LogP contribution in [0.5, 0.6) is 0 Å². The van der Waals surface area contributed by atoms with Crippen LogP contribution in [-0.4, -0.2) is 30.6 Å². The number of carbonyl (C=O) groups excluding carboxylic acids is 1. The van der Waals surface area contributed by atoms with Crippen LogP contribution in [-0.2, 0) is 4.74 Å². The first-order valence-electron chi connectivity index (χ1n) is 6.12. The molecule has 2 atom stereocenters. The summed E-state index contributed by atoms with van der Waals surface area (Å²) < 4.78 is 78.1. The molecule has 0 bridgehead atoms. The fourth-order valence-electron chi connectivity index (χ4n) is 2.10. The fourth-order valence-corrected chi connectivity index (χ4v) is 2.10. The molecule has 0 aromatic rings. The topological polar surface area (TPSA) is 38.3 Å². The van der Waals surface area contributed by atoms with Crippen LogP contribution in [0.3, 0.4) is 0 Å². The molecule has 1 amide bonds. The lowest BCUT2D eigenvalue weighted by molar-refractivity contribution is -0.256. The quantitative estimate of drug-likeness (QED) is 0.788. The molecule has 1 fully saturated rings. The van der Waals surface area contributed by atoms with Gasteiger partial charge >= 0.3 is 18.4 Å². The number of nitrogens with one attached hydrogen (secondary N) is 1. The molecule has 0 aromatic carbocycles. The van der Waals surface area contributed by atoms with Crippen molar-refractivity contribution < 1.29 is 35.9 Å². The highest BCUT2D eigenvalue weighted by atomic mass is 19.4. The van der Waals surface area contributed by atoms with Crippen molar-refractivity contribution in [2.24, 2.45) is 5.92 Å². The molecular weight excluding hydrogens is 292 g/mol. The average molecular weight is 307 g/mol. The first-order chi connectivity index (χ1) is 9.01. The van der Waals surface area contributed by atoms with Crippen molar-refractivity contribution in [1.82, 2.24) is 5.32 Å². The molecule has 1 aliphatic rings. The summed E-state index contributed by atoms with van der Waals surface area (Å²) in [5, 5.41) is 0.854. The van der Waals surface area contributed by atoms with Crippen molar-refractivity contribution in [3.05, 3.63) is 0 Å². The first kappa shape index (κ1) is 16.9. The number of amides is 1. The summed E-state index contributed by atoms with van der Waals surface area (Å²) in [6.07, 6.45) is -10.8. The molecule has 0 unspecified atom stereocenters. The van der Waals surface area contributed by atoms with E-state index in [-0.39, 0.29) is 5.92 Å². The van der Waals surface area contributed by atoms with Gasteiger partial charge in [0.15, 0.2) is 0 Å². The van der Waals surface area contributed by atoms with Gasteiger partial charge in [-0.15, -0.1) is 0 Å². The first-order valence-corrected chi connectivity index (χ1v) is 6.12. The van der Waals surface area contributed by atoms with Gasteiger partial charge in [-0.25, -0.2) is 4.79 Å². The maximum atomic E-state index is 12.2.